The number of aliphatic imine (C=N–C) groups is 1. The molecule has 31 heavy (non-hydrogen) atoms. The molecule has 3 N–H and O–H groups in total. The van der Waals surface area contributed by atoms with Crippen molar-refractivity contribution in [2.45, 2.75) is 32.2 Å². The van der Waals surface area contributed by atoms with Gasteiger partial charge in [-0.3, -0.25) is 4.90 Å². The van der Waals surface area contributed by atoms with Crippen LogP contribution in [0, 0.1) is 0 Å². The monoisotopic (exact) mass is 560 g/mol. The molecule has 1 heterocycles. The van der Waals surface area contributed by atoms with Gasteiger partial charge in [0.1, 0.15) is 5.75 Å². The number of β-amino-alcohol motifs (C(OH)–C–C–N with tert-alkyl or cyclic N) is 1. The van der Waals surface area contributed by atoms with Crippen LogP contribution >= 0.6 is 24.0 Å². The molecule has 0 spiro atoms. The standard InChI is InChI=1S/C20H31F3N4O3.HI/c1-4-24-18(26-13-19(2,28)14-27-7-9-30-10-8-27)25-12-15-5-6-16(29-3)11-17(15)20(21,22)23;/h5-6,11,28H,4,7-10,12-14H2,1-3H3,(H2,24,25,26);1H. The minimum atomic E-state index is -4.51. The Kier molecular flexibility index (Phi) is 11.3. The molecule has 7 nitrogen and oxygen atoms in total. The molecule has 178 valence electrons. The number of nitrogens with zero attached hydrogens (tertiary/aromatic N) is 2. The lowest BCUT2D eigenvalue weighted by Gasteiger charge is -2.34. The lowest BCUT2D eigenvalue weighted by Crippen LogP contribution is -2.52. The summed E-state index contributed by atoms with van der Waals surface area (Å²) < 4.78 is 50.4. The number of morpholine rings is 1. The predicted molar refractivity (Wildman–Crippen MR) is 124 cm³/mol. The summed E-state index contributed by atoms with van der Waals surface area (Å²) in [7, 11) is 1.32. The van der Waals surface area contributed by atoms with E-state index in [1.165, 1.54) is 19.2 Å². The summed E-state index contributed by atoms with van der Waals surface area (Å²) >= 11 is 0. The molecule has 0 saturated carbocycles. The van der Waals surface area contributed by atoms with Crippen molar-refractivity contribution >= 4 is 29.9 Å². The lowest BCUT2D eigenvalue weighted by molar-refractivity contribution is -0.138. The van der Waals surface area contributed by atoms with Gasteiger partial charge in [0.2, 0.25) is 0 Å². The summed E-state index contributed by atoms with van der Waals surface area (Å²) in [5.41, 5.74) is -1.77. The van der Waals surface area contributed by atoms with Crippen molar-refractivity contribution in [2.24, 2.45) is 4.99 Å². The molecule has 1 saturated heterocycles. The van der Waals surface area contributed by atoms with Crippen molar-refractivity contribution in [3.05, 3.63) is 29.3 Å². The maximum atomic E-state index is 13.4. The summed E-state index contributed by atoms with van der Waals surface area (Å²) in [6, 6.07) is 3.81. The van der Waals surface area contributed by atoms with Crippen LogP contribution in [0.5, 0.6) is 5.75 Å². The van der Waals surface area contributed by atoms with E-state index in [1.807, 2.05) is 6.92 Å². The molecular weight excluding hydrogens is 528 g/mol. The lowest BCUT2D eigenvalue weighted by atomic mass is 10.1. The molecule has 11 heteroatoms. The van der Waals surface area contributed by atoms with Crippen LogP contribution in [0.15, 0.2) is 23.2 Å². The van der Waals surface area contributed by atoms with Crippen molar-refractivity contribution < 1.29 is 27.8 Å². The van der Waals surface area contributed by atoms with Gasteiger partial charge in [-0.25, -0.2) is 4.99 Å². The van der Waals surface area contributed by atoms with E-state index in [0.29, 0.717) is 32.3 Å². The maximum Gasteiger partial charge on any atom is 0.416 e. The van der Waals surface area contributed by atoms with Crippen molar-refractivity contribution in [2.75, 3.05) is 53.0 Å². The number of benzene rings is 1. The Morgan fingerprint density at radius 1 is 1.26 bits per heavy atom. The van der Waals surface area contributed by atoms with E-state index >= 15 is 0 Å². The van der Waals surface area contributed by atoms with Gasteiger partial charge < -0.3 is 25.2 Å². The van der Waals surface area contributed by atoms with Crippen LogP contribution in [-0.2, 0) is 17.5 Å². The van der Waals surface area contributed by atoms with Crippen LogP contribution in [0.2, 0.25) is 0 Å². The molecule has 1 aromatic rings. The van der Waals surface area contributed by atoms with Gasteiger partial charge in [-0.05, 0) is 31.5 Å². The first-order valence-electron chi connectivity index (χ1n) is 9.93. The largest absolute Gasteiger partial charge is 0.497 e. The molecule has 1 aliphatic heterocycles. The molecule has 0 amide bonds. The van der Waals surface area contributed by atoms with Gasteiger partial charge in [-0.1, -0.05) is 6.07 Å². The second kappa shape index (κ2) is 12.7. The Bertz CT molecular complexity index is 711. The van der Waals surface area contributed by atoms with Gasteiger partial charge in [0.05, 0.1) is 38.0 Å². The van der Waals surface area contributed by atoms with E-state index in [9.17, 15) is 18.3 Å². The zero-order chi connectivity index (χ0) is 22.2. The normalized spacial score (nSPS) is 17.5. The summed E-state index contributed by atoms with van der Waals surface area (Å²) in [4.78, 5) is 6.39. The molecule has 1 unspecified atom stereocenters. The van der Waals surface area contributed by atoms with Crippen LogP contribution in [0.4, 0.5) is 13.2 Å². The van der Waals surface area contributed by atoms with Crippen molar-refractivity contribution in [1.29, 1.82) is 0 Å². The van der Waals surface area contributed by atoms with Crippen molar-refractivity contribution in [1.82, 2.24) is 15.5 Å². The van der Waals surface area contributed by atoms with Crippen LogP contribution in [-0.4, -0.2) is 74.6 Å². The van der Waals surface area contributed by atoms with E-state index in [1.54, 1.807) is 6.92 Å². The Balaban J connectivity index is 0.00000480. The molecular formula is C20H32F3IN4O3. The van der Waals surface area contributed by atoms with E-state index in [-0.39, 0.29) is 48.4 Å². The SMILES string of the molecule is CCNC(=NCc1ccc(OC)cc1C(F)(F)F)NCC(C)(O)CN1CCOCC1.I. The third-order valence-electron chi connectivity index (χ3n) is 4.68. The molecule has 0 aromatic heterocycles. The number of nitrogens with one attached hydrogen (secondary N) is 2. The summed E-state index contributed by atoms with van der Waals surface area (Å²) in [6.45, 7) is 7.37. The number of hydrogen-bond donors (Lipinski definition) is 3. The zero-order valence-corrected chi connectivity index (χ0v) is 20.4. The highest BCUT2D eigenvalue weighted by Crippen LogP contribution is 2.34. The molecule has 0 bridgehead atoms. The fourth-order valence-corrected chi connectivity index (χ4v) is 3.16. The zero-order valence-electron chi connectivity index (χ0n) is 18.1. The average Bonchev–Trinajstić information content (AvgIpc) is 2.69. The summed E-state index contributed by atoms with van der Waals surface area (Å²) in [5.74, 6) is 0.475. The van der Waals surface area contributed by atoms with E-state index in [0.717, 1.165) is 19.2 Å². The Labute approximate surface area is 198 Å². The first-order valence-corrected chi connectivity index (χ1v) is 9.93. The first-order chi connectivity index (χ1) is 14.1. The fraction of sp³-hybridized carbons (Fsp3) is 0.650. The van der Waals surface area contributed by atoms with E-state index < -0.39 is 17.3 Å². The maximum absolute atomic E-state index is 13.4. The van der Waals surface area contributed by atoms with Crippen LogP contribution in [0.3, 0.4) is 0 Å². The Hall–Kier alpha value is -1.31. The summed E-state index contributed by atoms with van der Waals surface area (Å²) in [5, 5.41) is 16.7. The Morgan fingerprint density at radius 2 is 1.94 bits per heavy atom. The minimum Gasteiger partial charge on any atom is -0.497 e. The molecule has 2 rings (SSSR count). The second-order valence-electron chi connectivity index (χ2n) is 7.46. The molecule has 0 radical (unpaired) electrons. The summed E-state index contributed by atoms with van der Waals surface area (Å²) in [6.07, 6.45) is -4.51. The topological polar surface area (TPSA) is 78.4 Å². The molecule has 1 aromatic carbocycles. The number of halogens is 4. The van der Waals surface area contributed by atoms with Gasteiger partial charge in [-0.2, -0.15) is 13.2 Å². The molecule has 1 aliphatic rings. The first kappa shape index (κ1) is 27.7. The Morgan fingerprint density at radius 3 is 2.52 bits per heavy atom. The number of methoxy groups -OCH3 is 1. The number of hydrogen-bond acceptors (Lipinski definition) is 5. The average molecular weight is 560 g/mol. The highest BCUT2D eigenvalue weighted by Gasteiger charge is 2.33. The van der Waals surface area contributed by atoms with E-state index in [4.69, 9.17) is 9.47 Å². The number of alkyl halides is 3. The van der Waals surface area contributed by atoms with E-state index in [2.05, 4.69) is 20.5 Å². The number of rotatable bonds is 8. The predicted octanol–water partition coefficient (Wildman–Crippen LogP) is 2.47. The van der Waals surface area contributed by atoms with Gasteiger partial charge in [-0.15, -0.1) is 24.0 Å². The molecule has 1 atom stereocenters. The highest BCUT2D eigenvalue weighted by molar-refractivity contribution is 14.0. The van der Waals surface area contributed by atoms with Crippen molar-refractivity contribution in [3.8, 4) is 5.75 Å². The number of guanidine groups is 1. The number of aliphatic hydroxyl groups is 1. The number of ether oxygens (including phenoxy) is 2. The highest BCUT2D eigenvalue weighted by atomic mass is 127. The molecule has 0 aliphatic carbocycles. The van der Waals surface area contributed by atoms with Crippen LogP contribution in [0.1, 0.15) is 25.0 Å². The van der Waals surface area contributed by atoms with Gasteiger partial charge in [0.25, 0.3) is 0 Å². The smallest absolute Gasteiger partial charge is 0.416 e. The third kappa shape index (κ3) is 9.38. The van der Waals surface area contributed by atoms with Crippen LogP contribution in [0.25, 0.3) is 0 Å². The van der Waals surface area contributed by atoms with Gasteiger partial charge in [0, 0.05) is 32.7 Å². The van der Waals surface area contributed by atoms with Crippen molar-refractivity contribution in [3.63, 3.8) is 0 Å². The fourth-order valence-electron chi connectivity index (χ4n) is 3.16. The second-order valence-corrected chi connectivity index (χ2v) is 7.46. The van der Waals surface area contributed by atoms with Crippen LogP contribution < -0.4 is 15.4 Å². The molecule has 1 fully saturated rings. The van der Waals surface area contributed by atoms with Gasteiger partial charge >= 0.3 is 6.18 Å². The third-order valence-corrected chi connectivity index (χ3v) is 4.68. The quantitative estimate of drug-likeness (QED) is 0.258. The minimum absolute atomic E-state index is 0. The van der Waals surface area contributed by atoms with Gasteiger partial charge in [0.15, 0.2) is 5.96 Å².